The van der Waals surface area contributed by atoms with Crippen LogP contribution in [0.1, 0.15) is 148 Å². The van der Waals surface area contributed by atoms with Gasteiger partial charge in [-0.15, -0.1) is 0 Å². The number of hydrogen-bond donors (Lipinski definition) is 2. The van der Waals surface area contributed by atoms with Crippen LogP contribution >= 0.6 is 0 Å². The SMILES string of the molecule is O=C=NCCCCCCCCCCCCCCCCCCCCCCCCC(=O)NO. The molecule has 0 aromatic carbocycles. The van der Waals surface area contributed by atoms with Gasteiger partial charge in [0.05, 0.1) is 6.54 Å². The van der Waals surface area contributed by atoms with Crippen LogP contribution in [-0.4, -0.2) is 23.7 Å². The molecule has 5 nitrogen and oxygen atoms in total. The van der Waals surface area contributed by atoms with E-state index >= 15 is 0 Å². The molecule has 0 atom stereocenters. The monoisotopic (exact) mass is 438 g/mol. The maximum atomic E-state index is 10.9. The van der Waals surface area contributed by atoms with Crippen LogP contribution < -0.4 is 5.48 Å². The van der Waals surface area contributed by atoms with Crippen molar-refractivity contribution in [2.24, 2.45) is 4.99 Å². The van der Waals surface area contributed by atoms with Gasteiger partial charge in [0.2, 0.25) is 12.0 Å². The minimum absolute atomic E-state index is 0.265. The predicted octanol–water partition coefficient (Wildman–Crippen LogP) is 7.80. The van der Waals surface area contributed by atoms with Gasteiger partial charge in [-0.3, -0.25) is 10.0 Å². The van der Waals surface area contributed by atoms with E-state index in [-0.39, 0.29) is 5.91 Å². The normalized spacial score (nSPS) is 10.7. The van der Waals surface area contributed by atoms with Gasteiger partial charge in [-0.25, -0.2) is 15.3 Å². The van der Waals surface area contributed by atoms with E-state index in [4.69, 9.17) is 5.21 Å². The van der Waals surface area contributed by atoms with Crippen LogP contribution in [0.15, 0.2) is 4.99 Å². The zero-order valence-electron chi connectivity index (χ0n) is 20.2. The fourth-order valence-corrected chi connectivity index (χ4v) is 4.11. The van der Waals surface area contributed by atoms with E-state index in [9.17, 15) is 9.59 Å². The summed E-state index contributed by atoms with van der Waals surface area (Å²) in [6, 6.07) is 0. The number of rotatable bonds is 25. The van der Waals surface area contributed by atoms with E-state index in [0.717, 1.165) is 19.3 Å². The third-order valence-electron chi connectivity index (χ3n) is 6.11. The minimum atomic E-state index is -0.265. The lowest BCUT2D eigenvalue weighted by molar-refractivity contribution is -0.129. The van der Waals surface area contributed by atoms with Gasteiger partial charge in [0.25, 0.3) is 0 Å². The van der Waals surface area contributed by atoms with Gasteiger partial charge in [0, 0.05) is 6.42 Å². The van der Waals surface area contributed by atoms with E-state index < -0.39 is 0 Å². The molecule has 2 N–H and O–H groups in total. The van der Waals surface area contributed by atoms with Gasteiger partial charge in [0.1, 0.15) is 0 Å². The smallest absolute Gasteiger partial charge is 0.243 e. The zero-order chi connectivity index (χ0) is 22.7. The highest BCUT2D eigenvalue weighted by atomic mass is 16.5. The maximum absolute atomic E-state index is 10.9. The molecule has 0 unspecified atom stereocenters. The highest BCUT2D eigenvalue weighted by Crippen LogP contribution is 2.15. The summed E-state index contributed by atoms with van der Waals surface area (Å²) in [6.45, 7) is 0.654. The average molecular weight is 439 g/mol. The molecule has 0 fully saturated rings. The molecule has 0 aliphatic rings. The van der Waals surface area contributed by atoms with Crippen LogP contribution in [-0.2, 0) is 9.59 Å². The summed E-state index contributed by atoms with van der Waals surface area (Å²) < 4.78 is 0. The summed E-state index contributed by atoms with van der Waals surface area (Å²) in [5, 5.41) is 8.41. The topological polar surface area (TPSA) is 78.8 Å². The van der Waals surface area contributed by atoms with Crippen LogP contribution in [0.25, 0.3) is 0 Å². The third-order valence-corrected chi connectivity index (χ3v) is 6.11. The Hall–Kier alpha value is -1.19. The zero-order valence-corrected chi connectivity index (χ0v) is 20.2. The Balaban J connectivity index is 3.03. The average Bonchev–Trinajstić information content (AvgIpc) is 2.78. The molecule has 0 aliphatic heterocycles. The molecule has 0 bridgehead atoms. The number of hydroxylamine groups is 1. The lowest BCUT2D eigenvalue weighted by Gasteiger charge is -2.04. The summed E-state index contributed by atoms with van der Waals surface area (Å²) in [4.78, 5) is 24.4. The summed E-state index contributed by atoms with van der Waals surface area (Å²) >= 11 is 0. The molecule has 0 aromatic rings. The predicted molar refractivity (Wildman–Crippen MR) is 129 cm³/mol. The molecule has 5 heteroatoms. The molecule has 0 aromatic heterocycles. The summed E-state index contributed by atoms with van der Waals surface area (Å²) in [5.41, 5.74) is 1.68. The van der Waals surface area contributed by atoms with Crippen molar-refractivity contribution in [3.63, 3.8) is 0 Å². The number of amides is 1. The van der Waals surface area contributed by atoms with Gasteiger partial charge in [-0.1, -0.05) is 128 Å². The van der Waals surface area contributed by atoms with Crippen LogP contribution in [0, 0.1) is 0 Å². The number of carbonyl (C=O) groups is 1. The number of carbonyl (C=O) groups excluding carboxylic acids is 2. The number of aliphatic imine (C=N–C) groups is 1. The molecular weight excluding hydrogens is 388 g/mol. The van der Waals surface area contributed by atoms with Crippen molar-refractivity contribution in [1.29, 1.82) is 0 Å². The lowest BCUT2D eigenvalue weighted by Crippen LogP contribution is -2.17. The Kier molecular flexibility index (Phi) is 25.8. The molecule has 0 radical (unpaired) electrons. The molecule has 0 rings (SSSR count). The van der Waals surface area contributed by atoms with Crippen LogP contribution in [0.4, 0.5) is 0 Å². The summed E-state index contributed by atoms with van der Waals surface area (Å²) in [7, 11) is 0. The number of nitrogens with zero attached hydrogens (tertiary/aromatic N) is 1. The fraction of sp³-hybridized carbons (Fsp3) is 0.923. The van der Waals surface area contributed by atoms with E-state index in [1.807, 2.05) is 0 Å². The van der Waals surface area contributed by atoms with Crippen molar-refractivity contribution in [2.75, 3.05) is 6.54 Å². The maximum Gasteiger partial charge on any atom is 0.243 e. The number of unbranched alkanes of at least 4 members (excludes halogenated alkanes) is 21. The standard InChI is InChI=1S/C26H50N2O3/c29-25-27-24-22-20-18-16-14-12-10-8-6-4-2-1-3-5-7-9-11-13-15-17-19-21-23-26(30)28-31/h31H,1-24H2,(H,28,30). The van der Waals surface area contributed by atoms with Crippen molar-refractivity contribution < 1.29 is 14.8 Å². The molecule has 0 spiro atoms. The Labute approximate surface area is 191 Å². The quantitative estimate of drug-likeness (QED) is 0.0501. The lowest BCUT2D eigenvalue weighted by atomic mass is 10.0. The molecular formula is C26H50N2O3. The third kappa shape index (κ3) is 26.8. The number of hydrogen-bond acceptors (Lipinski definition) is 4. The van der Waals surface area contributed by atoms with Crippen LogP contribution in [0.2, 0.25) is 0 Å². The second-order valence-corrected chi connectivity index (χ2v) is 9.04. The van der Waals surface area contributed by atoms with Crippen molar-refractivity contribution in [1.82, 2.24) is 5.48 Å². The first kappa shape index (κ1) is 29.8. The first-order valence-corrected chi connectivity index (χ1v) is 13.3. The molecule has 0 heterocycles. The molecule has 0 saturated carbocycles. The summed E-state index contributed by atoms with van der Waals surface area (Å²) in [6.07, 6.45) is 30.8. The summed E-state index contributed by atoms with van der Waals surface area (Å²) in [5.74, 6) is -0.265. The highest BCUT2D eigenvalue weighted by Gasteiger charge is 1.98. The van der Waals surface area contributed by atoms with Gasteiger partial charge >= 0.3 is 0 Å². The van der Waals surface area contributed by atoms with E-state index in [1.54, 1.807) is 11.6 Å². The van der Waals surface area contributed by atoms with E-state index in [2.05, 4.69) is 4.99 Å². The Morgan fingerprint density at radius 2 is 0.839 bits per heavy atom. The van der Waals surface area contributed by atoms with Crippen molar-refractivity contribution >= 4 is 12.0 Å². The number of nitrogens with one attached hydrogen (secondary N) is 1. The van der Waals surface area contributed by atoms with E-state index in [0.29, 0.717) is 13.0 Å². The van der Waals surface area contributed by atoms with Gasteiger partial charge in [-0.05, 0) is 12.8 Å². The van der Waals surface area contributed by atoms with Crippen LogP contribution in [0.3, 0.4) is 0 Å². The Morgan fingerprint density at radius 3 is 1.13 bits per heavy atom. The first-order valence-electron chi connectivity index (χ1n) is 13.3. The molecule has 0 aliphatic carbocycles. The van der Waals surface area contributed by atoms with Crippen LogP contribution in [0.5, 0.6) is 0 Å². The molecule has 31 heavy (non-hydrogen) atoms. The van der Waals surface area contributed by atoms with Gasteiger partial charge < -0.3 is 0 Å². The second-order valence-electron chi connectivity index (χ2n) is 9.04. The Bertz CT molecular complexity index is 423. The largest absolute Gasteiger partial charge is 0.289 e. The Morgan fingerprint density at radius 1 is 0.548 bits per heavy atom. The molecule has 182 valence electrons. The second kappa shape index (κ2) is 26.8. The van der Waals surface area contributed by atoms with Gasteiger partial charge in [0.15, 0.2) is 0 Å². The highest BCUT2D eigenvalue weighted by molar-refractivity contribution is 5.74. The number of isocyanates is 1. The van der Waals surface area contributed by atoms with E-state index in [1.165, 1.54) is 122 Å². The molecule has 1 amide bonds. The first-order chi connectivity index (χ1) is 15.3. The van der Waals surface area contributed by atoms with Crippen molar-refractivity contribution in [2.45, 2.75) is 148 Å². The molecule has 0 saturated heterocycles. The minimum Gasteiger partial charge on any atom is -0.289 e. The van der Waals surface area contributed by atoms with Gasteiger partial charge in [-0.2, -0.15) is 0 Å². The van der Waals surface area contributed by atoms with Crippen molar-refractivity contribution in [3.05, 3.63) is 0 Å². The fourth-order valence-electron chi connectivity index (χ4n) is 4.11. The van der Waals surface area contributed by atoms with Crippen molar-refractivity contribution in [3.8, 4) is 0 Å².